The van der Waals surface area contributed by atoms with Crippen molar-refractivity contribution in [3.05, 3.63) is 0 Å². The summed E-state index contributed by atoms with van der Waals surface area (Å²) in [5.74, 6) is 0.907. The minimum Gasteiger partial charge on any atom is -0.444 e. The molecule has 8 nitrogen and oxygen atoms in total. The first-order valence-electron chi connectivity index (χ1n) is 9.49. The number of hydrogen-bond donors (Lipinski definition) is 3. The number of amides is 2. The number of rotatable bonds is 7. The maximum absolute atomic E-state index is 11.6. The van der Waals surface area contributed by atoms with Crippen molar-refractivity contribution < 1.29 is 14.3 Å². The second-order valence-electron chi connectivity index (χ2n) is 7.64. The van der Waals surface area contributed by atoms with Gasteiger partial charge in [-0.3, -0.25) is 9.79 Å². The van der Waals surface area contributed by atoms with Crippen LogP contribution in [0.15, 0.2) is 4.99 Å². The van der Waals surface area contributed by atoms with Crippen LogP contribution in [0.1, 0.15) is 53.4 Å². The molecule has 1 heterocycles. The zero-order valence-electron chi connectivity index (χ0n) is 16.6. The summed E-state index contributed by atoms with van der Waals surface area (Å²) in [6.07, 6.45) is 2.81. The molecule has 0 aromatic rings. The van der Waals surface area contributed by atoms with Gasteiger partial charge in [0.25, 0.3) is 0 Å². The SMILES string of the molecule is CCNC(=NCCCNC(=O)OC(C)(C)C)N1CCCC(CC(N)=O)C1. The lowest BCUT2D eigenvalue weighted by Gasteiger charge is -2.34. The zero-order valence-corrected chi connectivity index (χ0v) is 16.6. The van der Waals surface area contributed by atoms with Crippen molar-refractivity contribution in [1.29, 1.82) is 0 Å². The lowest BCUT2D eigenvalue weighted by atomic mass is 9.95. The fourth-order valence-electron chi connectivity index (χ4n) is 2.90. The molecule has 2 amide bonds. The lowest BCUT2D eigenvalue weighted by molar-refractivity contribution is -0.119. The molecular weight excluding hydrogens is 334 g/mol. The summed E-state index contributed by atoms with van der Waals surface area (Å²) in [5.41, 5.74) is 4.84. The smallest absolute Gasteiger partial charge is 0.407 e. The highest BCUT2D eigenvalue weighted by molar-refractivity contribution is 5.80. The predicted molar refractivity (Wildman–Crippen MR) is 103 cm³/mol. The molecule has 26 heavy (non-hydrogen) atoms. The summed E-state index contributed by atoms with van der Waals surface area (Å²) in [7, 11) is 0. The number of carbonyl (C=O) groups excluding carboxylic acids is 2. The van der Waals surface area contributed by atoms with Crippen LogP contribution in [0.3, 0.4) is 0 Å². The van der Waals surface area contributed by atoms with Crippen molar-refractivity contribution in [2.45, 2.75) is 59.0 Å². The molecule has 0 saturated carbocycles. The molecule has 0 bridgehead atoms. The highest BCUT2D eigenvalue weighted by atomic mass is 16.6. The largest absolute Gasteiger partial charge is 0.444 e. The molecule has 0 aliphatic carbocycles. The van der Waals surface area contributed by atoms with E-state index in [9.17, 15) is 9.59 Å². The normalized spacial score (nSPS) is 18.4. The molecule has 1 fully saturated rings. The number of nitrogens with two attached hydrogens (primary N) is 1. The number of primary amides is 1. The van der Waals surface area contributed by atoms with Gasteiger partial charge in [0.05, 0.1) is 0 Å². The molecule has 8 heteroatoms. The van der Waals surface area contributed by atoms with Crippen LogP contribution in [0, 0.1) is 5.92 Å². The van der Waals surface area contributed by atoms with Crippen LogP contribution >= 0.6 is 0 Å². The van der Waals surface area contributed by atoms with E-state index >= 15 is 0 Å². The van der Waals surface area contributed by atoms with Crippen LogP contribution in [0.2, 0.25) is 0 Å². The second kappa shape index (κ2) is 10.9. The number of guanidine groups is 1. The van der Waals surface area contributed by atoms with Crippen LogP contribution in [0.5, 0.6) is 0 Å². The highest BCUT2D eigenvalue weighted by Crippen LogP contribution is 2.19. The maximum atomic E-state index is 11.6. The van der Waals surface area contributed by atoms with E-state index in [1.807, 2.05) is 27.7 Å². The molecule has 1 rings (SSSR count). The number of aliphatic imine (C=N–C) groups is 1. The molecule has 1 atom stereocenters. The van der Waals surface area contributed by atoms with Gasteiger partial charge >= 0.3 is 6.09 Å². The number of carbonyl (C=O) groups is 2. The average molecular weight is 370 g/mol. The summed E-state index contributed by atoms with van der Waals surface area (Å²) in [6, 6.07) is 0. The molecule has 4 N–H and O–H groups in total. The van der Waals surface area contributed by atoms with Gasteiger partial charge in [-0.15, -0.1) is 0 Å². The molecule has 0 radical (unpaired) electrons. The van der Waals surface area contributed by atoms with Crippen LogP contribution < -0.4 is 16.4 Å². The van der Waals surface area contributed by atoms with E-state index in [0.29, 0.717) is 25.4 Å². The van der Waals surface area contributed by atoms with Crippen molar-refractivity contribution in [3.63, 3.8) is 0 Å². The van der Waals surface area contributed by atoms with Gasteiger partial charge in [0.1, 0.15) is 5.60 Å². The first-order valence-corrected chi connectivity index (χ1v) is 9.49. The molecule has 1 unspecified atom stereocenters. The van der Waals surface area contributed by atoms with E-state index in [0.717, 1.165) is 44.9 Å². The number of hydrogen-bond acceptors (Lipinski definition) is 4. The van der Waals surface area contributed by atoms with Crippen molar-refractivity contribution in [1.82, 2.24) is 15.5 Å². The second-order valence-corrected chi connectivity index (χ2v) is 7.64. The molecule has 1 aliphatic heterocycles. The maximum Gasteiger partial charge on any atom is 0.407 e. The number of nitrogens with one attached hydrogen (secondary N) is 2. The van der Waals surface area contributed by atoms with Gasteiger partial charge in [-0.1, -0.05) is 0 Å². The van der Waals surface area contributed by atoms with Gasteiger partial charge in [0.2, 0.25) is 5.91 Å². The van der Waals surface area contributed by atoms with Gasteiger partial charge in [-0.05, 0) is 52.9 Å². The number of nitrogens with zero attached hydrogens (tertiary/aromatic N) is 2. The first kappa shape index (κ1) is 22.1. The zero-order chi connectivity index (χ0) is 19.6. The Balaban J connectivity index is 2.43. The van der Waals surface area contributed by atoms with Gasteiger partial charge in [0, 0.05) is 39.1 Å². The van der Waals surface area contributed by atoms with Crippen molar-refractivity contribution in [2.75, 3.05) is 32.7 Å². The Morgan fingerprint density at radius 2 is 2.04 bits per heavy atom. The lowest BCUT2D eigenvalue weighted by Crippen LogP contribution is -2.47. The van der Waals surface area contributed by atoms with E-state index in [-0.39, 0.29) is 5.91 Å². The summed E-state index contributed by atoms with van der Waals surface area (Å²) in [5, 5.41) is 6.04. The van der Waals surface area contributed by atoms with Gasteiger partial charge in [-0.2, -0.15) is 0 Å². The average Bonchev–Trinajstić information content (AvgIpc) is 2.51. The summed E-state index contributed by atoms with van der Waals surface area (Å²) >= 11 is 0. The third-order valence-electron chi connectivity index (χ3n) is 3.91. The number of piperidine rings is 1. The molecule has 0 aromatic carbocycles. The number of likely N-dealkylation sites (tertiary alicyclic amines) is 1. The minimum atomic E-state index is -0.490. The molecule has 1 saturated heterocycles. The van der Waals surface area contributed by atoms with E-state index in [4.69, 9.17) is 10.5 Å². The standard InChI is InChI=1S/C18H35N5O3/c1-5-20-16(23-11-6-8-14(13-23)12-15(19)24)21-9-7-10-22-17(25)26-18(2,3)4/h14H,5-13H2,1-4H3,(H2,19,24)(H,20,21)(H,22,25). The van der Waals surface area contributed by atoms with E-state index < -0.39 is 11.7 Å². The minimum absolute atomic E-state index is 0.244. The molecular formula is C18H35N5O3. The van der Waals surface area contributed by atoms with Crippen LogP contribution in [-0.2, 0) is 9.53 Å². The Morgan fingerprint density at radius 3 is 2.65 bits per heavy atom. The highest BCUT2D eigenvalue weighted by Gasteiger charge is 2.23. The Hall–Kier alpha value is -1.99. The summed E-state index contributed by atoms with van der Waals surface area (Å²) < 4.78 is 5.20. The first-order chi connectivity index (χ1) is 12.2. The summed E-state index contributed by atoms with van der Waals surface area (Å²) in [6.45, 7) is 11.2. The van der Waals surface area contributed by atoms with E-state index in [2.05, 4.69) is 20.5 Å². The Kier molecular flexibility index (Phi) is 9.23. The third-order valence-corrected chi connectivity index (χ3v) is 3.91. The fraction of sp³-hybridized carbons (Fsp3) is 0.833. The van der Waals surface area contributed by atoms with Crippen LogP contribution in [0.25, 0.3) is 0 Å². The Morgan fingerprint density at radius 1 is 1.31 bits per heavy atom. The van der Waals surface area contributed by atoms with E-state index in [1.165, 1.54) is 0 Å². The van der Waals surface area contributed by atoms with Gasteiger partial charge in [0.15, 0.2) is 5.96 Å². The summed E-state index contributed by atoms with van der Waals surface area (Å²) in [4.78, 5) is 29.6. The van der Waals surface area contributed by atoms with Crippen LogP contribution in [-0.4, -0.2) is 61.2 Å². The van der Waals surface area contributed by atoms with E-state index in [1.54, 1.807) is 0 Å². The Bertz CT molecular complexity index is 488. The van der Waals surface area contributed by atoms with Gasteiger partial charge < -0.3 is 26.0 Å². The molecule has 0 spiro atoms. The van der Waals surface area contributed by atoms with Crippen molar-refractivity contribution >= 4 is 18.0 Å². The number of alkyl carbamates (subject to hydrolysis) is 1. The van der Waals surface area contributed by atoms with Gasteiger partial charge in [-0.25, -0.2) is 4.79 Å². The Labute approximate surface area is 156 Å². The fourth-order valence-corrected chi connectivity index (χ4v) is 2.90. The predicted octanol–water partition coefficient (Wildman–Crippen LogP) is 1.45. The number of ether oxygens (including phenoxy) is 1. The third kappa shape index (κ3) is 9.48. The van der Waals surface area contributed by atoms with Crippen molar-refractivity contribution in [3.8, 4) is 0 Å². The molecule has 0 aromatic heterocycles. The quantitative estimate of drug-likeness (QED) is 0.357. The molecule has 150 valence electrons. The van der Waals surface area contributed by atoms with Crippen LogP contribution in [0.4, 0.5) is 4.79 Å². The monoisotopic (exact) mass is 369 g/mol. The van der Waals surface area contributed by atoms with Crippen molar-refractivity contribution in [2.24, 2.45) is 16.6 Å². The topological polar surface area (TPSA) is 109 Å². The molecule has 1 aliphatic rings.